The molecule has 1 N–H and O–H groups in total. The lowest BCUT2D eigenvalue weighted by Crippen LogP contribution is -2.29. The summed E-state index contributed by atoms with van der Waals surface area (Å²) < 4.78 is 24.7. The molecule has 0 spiro atoms. The fourth-order valence-electron chi connectivity index (χ4n) is 2.60. The zero-order chi connectivity index (χ0) is 18.2. The molecule has 2 aromatic carbocycles. The number of aryl methyl sites for hydroxylation is 1. The highest BCUT2D eigenvalue weighted by atomic mass is 35.5. The first-order chi connectivity index (χ1) is 11.8. The molecule has 2 aromatic rings. The van der Waals surface area contributed by atoms with Gasteiger partial charge >= 0.3 is 0 Å². The topological polar surface area (TPSA) is 83.6 Å². The quantitative estimate of drug-likeness (QED) is 0.889. The van der Waals surface area contributed by atoms with Gasteiger partial charge in [0.1, 0.15) is 0 Å². The van der Waals surface area contributed by atoms with Crippen molar-refractivity contribution in [3.05, 3.63) is 58.6 Å². The van der Waals surface area contributed by atoms with E-state index in [-0.39, 0.29) is 28.4 Å². The second-order valence-electron chi connectivity index (χ2n) is 5.71. The summed E-state index contributed by atoms with van der Waals surface area (Å²) in [5.74, 6) is -1.15. The van der Waals surface area contributed by atoms with Gasteiger partial charge in [0.25, 0.3) is 5.91 Å². The molecule has 1 aliphatic heterocycles. The van der Waals surface area contributed by atoms with Gasteiger partial charge in [-0.1, -0.05) is 23.7 Å². The van der Waals surface area contributed by atoms with Crippen LogP contribution in [0.25, 0.3) is 0 Å². The average molecular weight is 379 g/mol. The zero-order valence-electron chi connectivity index (χ0n) is 13.3. The third-order valence-electron chi connectivity index (χ3n) is 3.79. The highest BCUT2D eigenvalue weighted by molar-refractivity contribution is 7.94. The van der Waals surface area contributed by atoms with E-state index in [9.17, 15) is 18.0 Å². The molecule has 0 unspecified atom stereocenters. The standard InChI is InChI=1S/C17H15ClN2O4S/c1-11-3-2-4-12(9-11)19-17(22)14-6-5-13(10-15(14)18)20-16(21)7-8-25(20,23)24/h2-6,9-10H,7-8H2,1H3,(H,19,22). The molecule has 2 amide bonds. The highest BCUT2D eigenvalue weighted by Gasteiger charge is 2.36. The number of amides is 2. The van der Waals surface area contributed by atoms with Crippen molar-refractivity contribution >= 4 is 44.8 Å². The van der Waals surface area contributed by atoms with Crippen LogP contribution in [0.15, 0.2) is 42.5 Å². The fourth-order valence-corrected chi connectivity index (χ4v) is 4.32. The predicted octanol–water partition coefficient (Wildman–Crippen LogP) is 2.97. The predicted molar refractivity (Wildman–Crippen MR) is 96.5 cm³/mol. The Morgan fingerprint density at radius 1 is 1.20 bits per heavy atom. The molecule has 1 aliphatic rings. The maximum absolute atomic E-state index is 12.4. The summed E-state index contributed by atoms with van der Waals surface area (Å²) in [6.45, 7) is 1.91. The maximum atomic E-state index is 12.4. The van der Waals surface area contributed by atoms with E-state index in [0.717, 1.165) is 9.87 Å². The number of hydrogen-bond acceptors (Lipinski definition) is 4. The van der Waals surface area contributed by atoms with E-state index in [1.165, 1.54) is 18.2 Å². The minimum Gasteiger partial charge on any atom is -0.322 e. The number of rotatable bonds is 3. The second kappa shape index (κ2) is 6.50. The Hall–Kier alpha value is -2.38. The molecule has 1 fully saturated rings. The lowest BCUT2D eigenvalue weighted by atomic mass is 10.1. The molecule has 0 radical (unpaired) electrons. The van der Waals surface area contributed by atoms with Crippen molar-refractivity contribution in [2.75, 3.05) is 15.4 Å². The number of nitrogens with zero attached hydrogens (tertiary/aromatic N) is 1. The molecule has 1 saturated heterocycles. The first-order valence-electron chi connectivity index (χ1n) is 7.51. The van der Waals surface area contributed by atoms with Gasteiger partial charge in [-0.25, -0.2) is 12.7 Å². The van der Waals surface area contributed by atoms with Gasteiger partial charge < -0.3 is 5.32 Å². The number of anilines is 2. The van der Waals surface area contributed by atoms with Gasteiger partial charge in [-0.2, -0.15) is 0 Å². The van der Waals surface area contributed by atoms with E-state index in [1.54, 1.807) is 6.07 Å². The fraction of sp³-hybridized carbons (Fsp3) is 0.176. The summed E-state index contributed by atoms with van der Waals surface area (Å²) in [6, 6.07) is 11.4. The van der Waals surface area contributed by atoms with Crippen molar-refractivity contribution in [2.24, 2.45) is 0 Å². The van der Waals surface area contributed by atoms with E-state index < -0.39 is 21.8 Å². The molecule has 8 heteroatoms. The number of carbonyl (C=O) groups is 2. The van der Waals surface area contributed by atoms with Gasteiger partial charge in [0.05, 0.1) is 22.0 Å². The van der Waals surface area contributed by atoms with E-state index in [4.69, 9.17) is 11.6 Å². The van der Waals surface area contributed by atoms with Crippen molar-refractivity contribution < 1.29 is 18.0 Å². The minimum atomic E-state index is -3.67. The summed E-state index contributed by atoms with van der Waals surface area (Å²) in [6.07, 6.45) is -0.0600. The Labute approximate surface area is 150 Å². The summed E-state index contributed by atoms with van der Waals surface area (Å²) >= 11 is 6.15. The maximum Gasteiger partial charge on any atom is 0.257 e. The highest BCUT2D eigenvalue weighted by Crippen LogP contribution is 2.29. The average Bonchev–Trinajstić information content (AvgIpc) is 2.80. The molecular weight excluding hydrogens is 364 g/mol. The summed E-state index contributed by atoms with van der Waals surface area (Å²) in [7, 11) is -3.67. The van der Waals surface area contributed by atoms with Crippen molar-refractivity contribution in [2.45, 2.75) is 13.3 Å². The van der Waals surface area contributed by atoms with Crippen molar-refractivity contribution in [3.8, 4) is 0 Å². The van der Waals surface area contributed by atoms with Crippen LogP contribution in [-0.4, -0.2) is 26.0 Å². The molecule has 3 rings (SSSR count). The Bertz CT molecular complexity index is 972. The van der Waals surface area contributed by atoms with Gasteiger partial charge in [0.2, 0.25) is 15.9 Å². The van der Waals surface area contributed by atoms with Crippen molar-refractivity contribution in [1.29, 1.82) is 0 Å². The number of halogens is 1. The largest absolute Gasteiger partial charge is 0.322 e. The number of hydrogen-bond donors (Lipinski definition) is 1. The Kier molecular flexibility index (Phi) is 4.53. The van der Waals surface area contributed by atoms with Gasteiger partial charge in [0, 0.05) is 12.1 Å². The first-order valence-corrected chi connectivity index (χ1v) is 9.50. The van der Waals surface area contributed by atoms with Crippen molar-refractivity contribution in [1.82, 2.24) is 0 Å². The molecule has 6 nitrogen and oxygen atoms in total. The summed E-state index contributed by atoms with van der Waals surface area (Å²) in [5, 5.41) is 2.80. The first kappa shape index (κ1) is 17.4. The lowest BCUT2D eigenvalue weighted by molar-refractivity contribution is -0.116. The Balaban J connectivity index is 1.87. The molecular formula is C17H15ClN2O4S. The van der Waals surface area contributed by atoms with E-state index in [0.29, 0.717) is 5.69 Å². The molecule has 0 aromatic heterocycles. The van der Waals surface area contributed by atoms with Gasteiger partial charge in [0.15, 0.2) is 0 Å². The summed E-state index contributed by atoms with van der Waals surface area (Å²) in [5.41, 5.74) is 1.95. The molecule has 0 atom stereocenters. The minimum absolute atomic E-state index is 0.0600. The lowest BCUT2D eigenvalue weighted by Gasteiger charge is -2.16. The van der Waals surface area contributed by atoms with Crippen LogP contribution in [-0.2, 0) is 14.8 Å². The molecule has 130 valence electrons. The van der Waals surface area contributed by atoms with Crippen LogP contribution >= 0.6 is 11.6 Å². The van der Waals surface area contributed by atoms with Crippen molar-refractivity contribution in [3.63, 3.8) is 0 Å². The van der Waals surface area contributed by atoms with Gasteiger partial charge in [-0.3, -0.25) is 9.59 Å². The molecule has 0 saturated carbocycles. The normalized spacial score (nSPS) is 16.1. The van der Waals surface area contributed by atoms with Crippen LogP contribution in [0, 0.1) is 6.92 Å². The van der Waals surface area contributed by atoms with E-state index in [1.807, 2.05) is 25.1 Å². The third kappa shape index (κ3) is 3.52. The van der Waals surface area contributed by atoms with Crippen LogP contribution in [0.1, 0.15) is 22.3 Å². The van der Waals surface area contributed by atoms with Crippen LogP contribution in [0.2, 0.25) is 5.02 Å². The smallest absolute Gasteiger partial charge is 0.257 e. The molecule has 25 heavy (non-hydrogen) atoms. The summed E-state index contributed by atoms with van der Waals surface area (Å²) in [4.78, 5) is 24.2. The zero-order valence-corrected chi connectivity index (χ0v) is 14.9. The van der Waals surface area contributed by atoms with Gasteiger partial charge in [-0.15, -0.1) is 0 Å². The second-order valence-corrected chi connectivity index (χ2v) is 8.06. The SMILES string of the molecule is Cc1cccc(NC(=O)c2ccc(N3C(=O)CCS3(=O)=O)cc2Cl)c1. The molecule has 0 bridgehead atoms. The number of benzene rings is 2. The number of carbonyl (C=O) groups excluding carboxylic acids is 2. The van der Waals surface area contributed by atoms with Crippen LogP contribution < -0.4 is 9.62 Å². The van der Waals surface area contributed by atoms with Crippen LogP contribution in [0.5, 0.6) is 0 Å². The monoisotopic (exact) mass is 378 g/mol. The third-order valence-corrected chi connectivity index (χ3v) is 5.79. The Morgan fingerprint density at radius 3 is 2.56 bits per heavy atom. The molecule has 1 heterocycles. The number of sulfonamides is 1. The number of nitrogens with one attached hydrogen (secondary N) is 1. The van der Waals surface area contributed by atoms with Gasteiger partial charge in [-0.05, 0) is 42.8 Å². The Morgan fingerprint density at radius 2 is 1.96 bits per heavy atom. The van der Waals surface area contributed by atoms with Crippen LogP contribution in [0.4, 0.5) is 11.4 Å². The van der Waals surface area contributed by atoms with Crippen LogP contribution in [0.3, 0.4) is 0 Å². The molecule has 0 aliphatic carbocycles. The van der Waals surface area contributed by atoms with E-state index in [2.05, 4.69) is 5.32 Å². The van der Waals surface area contributed by atoms with E-state index >= 15 is 0 Å².